The smallest absolute Gasteiger partial charge is 0.161 e. The van der Waals surface area contributed by atoms with Crippen molar-refractivity contribution < 1.29 is 9.47 Å². The molecule has 0 aliphatic heterocycles. The van der Waals surface area contributed by atoms with E-state index >= 15 is 0 Å². The van der Waals surface area contributed by atoms with Crippen LogP contribution in [0.25, 0.3) is 0 Å². The summed E-state index contributed by atoms with van der Waals surface area (Å²) >= 11 is 5.62. The highest BCUT2D eigenvalue weighted by Crippen LogP contribution is 2.26. The number of ether oxygens (including phenoxy) is 2. The van der Waals surface area contributed by atoms with Crippen LogP contribution < -0.4 is 9.47 Å². The van der Waals surface area contributed by atoms with E-state index in [2.05, 4.69) is 0 Å². The molecule has 0 amide bonds. The monoisotopic (exact) mass is 225 g/mol. The summed E-state index contributed by atoms with van der Waals surface area (Å²) in [7, 11) is 0. The van der Waals surface area contributed by atoms with E-state index in [0.717, 1.165) is 0 Å². The second kappa shape index (κ2) is 6.15. The van der Waals surface area contributed by atoms with Crippen LogP contribution in [0.15, 0.2) is 24.3 Å². The lowest BCUT2D eigenvalue weighted by atomic mass is 10.3. The van der Waals surface area contributed by atoms with Crippen LogP contribution in [-0.2, 0) is 0 Å². The van der Waals surface area contributed by atoms with E-state index in [1.165, 1.54) is 0 Å². The lowest BCUT2D eigenvalue weighted by Crippen LogP contribution is -2.09. The number of halogens is 1. The Morgan fingerprint density at radius 2 is 1.93 bits per heavy atom. The van der Waals surface area contributed by atoms with Crippen molar-refractivity contribution in [2.75, 3.05) is 13.2 Å². The van der Waals surface area contributed by atoms with Crippen molar-refractivity contribution >= 4 is 11.6 Å². The first-order chi connectivity index (χ1) is 7.27. The van der Waals surface area contributed by atoms with E-state index in [4.69, 9.17) is 26.3 Å². The summed E-state index contributed by atoms with van der Waals surface area (Å²) in [5.74, 6) is 1.28. The maximum atomic E-state index is 8.49. The fourth-order valence-corrected chi connectivity index (χ4v) is 1.11. The molecule has 15 heavy (non-hydrogen) atoms. The molecular weight excluding hydrogens is 214 g/mol. The number of benzene rings is 1. The third kappa shape index (κ3) is 3.69. The van der Waals surface area contributed by atoms with Gasteiger partial charge in [-0.25, -0.2) is 0 Å². The predicted molar refractivity (Wildman–Crippen MR) is 58.4 cm³/mol. The van der Waals surface area contributed by atoms with E-state index in [1.54, 1.807) is 6.07 Å². The van der Waals surface area contributed by atoms with Gasteiger partial charge in [-0.1, -0.05) is 12.1 Å². The van der Waals surface area contributed by atoms with E-state index in [0.29, 0.717) is 18.1 Å². The fraction of sp³-hybridized carbons (Fsp3) is 0.364. The Balaban J connectivity index is 2.63. The molecule has 0 aromatic heterocycles. The molecule has 80 valence electrons. The summed E-state index contributed by atoms with van der Waals surface area (Å²) in [5, 5.41) is 7.85. The molecule has 0 bridgehead atoms. The number of nitriles is 1. The zero-order valence-corrected chi connectivity index (χ0v) is 9.20. The second-order valence-electron chi connectivity index (χ2n) is 2.79. The number of alkyl halides is 1. The number of rotatable bonds is 5. The number of para-hydroxylation sites is 2. The van der Waals surface area contributed by atoms with E-state index in [9.17, 15) is 0 Å². The summed E-state index contributed by atoms with van der Waals surface area (Å²) in [4.78, 5) is 0. The Bertz CT molecular complexity index is 349. The van der Waals surface area contributed by atoms with Gasteiger partial charge < -0.3 is 9.47 Å². The largest absolute Gasteiger partial charge is 0.490 e. The molecule has 0 spiro atoms. The van der Waals surface area contributed by atoms with Crippen LogP contribution in [0.2, 0.25) is 0 Å². The average molecular weight is 226 g/mol. The highest BCUT2D eigenvalue weighted by atomic mass is 35.5. The zero-order chi connectivity index (χ0) is 11.1. The summed E-state index contributed by atoms with van der Waals surface area (Å²) in [5.41, 5.74) is 0. The Labute approximate surface area is 94.2 Å². The molecule has 0 heterocycles. The quantitative estimate of drug-likeness (QED) is 0.724. The van der Waals surface area contributed by atoms with Crippen LogP contribution in [0.5, 0.6) is 11.5 Å². The normalized spacial score (nSPS) is 11.5. The van der Waals surface area contributed by atoms with Crippen molar-refractivity contribution in [2.45, 2.75) is 12.3 Å². The first kappa shape index (κ1) is 11.7. The van der Waals surface area contributed by atoms with Gasteiger partial charge in [-0.2, -0.15) is 5.26 Å². The molecular formula is C11H12ClNO2. The molecule has 0 saturated carbocycles. The maximum Gasteiger partial charge on any atom is 0.161 e. The lowest BCUT2D eigenvalue weighted by Gasteiger charge is -2.11. The third-order valence-electron chi connectivity index (χ3n) is 1.67. The van der Waals surface area contributed by atoms with Gasteiger partial charge in [-0.3, -0.25) is 0 Å². The van der Waals surface area contributed by atoms with Gasteiger partial charge >= 0.3 is 0 Å². The van der Waals surface area contributed by atoms with Gasteiger partial charge in [0.15, 0.2) is 16.9 Å². The highest BCUT2D eigenvalue weighted by Gasteiger charge is 2.07. The van der Waals surface area contributed by atoms with Gasteiger partial charge in [0.1, 0.15) is 6.61 Å². The minimum Gasteiger partial charge on any atom is -0.490 e. The first-order valence-corrected chi connectivity index (χ1v) is 5.10. The molecule has 1 aromatic carbocycles. The molecule has 0 radical (unpaired) electrons. The molecule has 0 aliphatic carbocycles. The summed E-state index contributed by atoms with van der Waals surface area (Å²) in [6, 6.07) is 9.19. The van der Waals surface area contributed by atoms with Gasteiger partial charge in [-0.05, 0) is 19.1 Å². The van der Waals surface area contributed by atoms with Gasteiger partial charge in [0, 0.05) is 0 Å². The van der Waals surface area contributed by atoms with E-state index in [-0.39, 0.29) is 6.61 Å². The van der Waals surface area contributed by atoms with Crippen LogP contribution in [0.3, 0.4) is 0 Å². The van der Waals surface area contributed by atoms with Crippen molar-refractivity contribution in [1.82, 2.24) is 0 Å². The Morgan fingerprint density at radius 3 is 2.47 bits per heavy atom. The minimum atomic E-state index is -0.639. The van der Waals surface area contributed by atoms with E-state index < -0.39 is 5.38 Å². The van der Waals surface area contributed by atoms with Gasteiger partial charge in [0.2, 0.25) is 0 Å². The van der Waals surface area contributed by atoms with Gasteiger partial charge in [0.05, 0.1) is 12.7 Å². The summed E-state index contributed by atoms with van der Waals surface area (Å²) < 4.78 is 10.7. The molecule has 1 atom stereocenters. The van der Waals surface area contributed by atoms with Crippen LogP contribution in [0, 0.1) is 11.3 Å². The number of nitrogens with zero attached hydrogens (tertiary/aromatic N) is 1. The fourth-order valence-electron chi connectivity index (χ4n) is 1.04. The minimum absolute atomic E-state index is 0.155. The van der Waals surface area contributed by atoms with Crippen molar-refractivity contribution in [3.63, 3.8) is 0 Å². The summed E-state index contributed by atoms with van der Waals surface area (Å²) in [6.07, 6.45) is 0. The van der Waals surface area contributed by atoms with Gasteiger partial charge in [-0.15, -0.1) is 11.6 Å². The average Bonchev–Trinajstić information content (AvgIpc) is 2.28. The second-order valence-corrected chi connectivity index (χ2v) is 3.31. The lowest BCUT2D eigenvalue weighted by molar-refractivity contribution is 0.283. The Hall–Kier alpha value is -1.40. The molecule has 0 N–H and O–H groups in total. The molecule has 0 fully saturated rings. The van der Waals surface area contributed by atoms with E-state index in [1.807, 2.05) is 31.2 Å². The molecule has 1 unspecified atom stereocenters. The number of hydrogen-bond acceptors (Lipinski definition) is 3. The Kier molecular flexibility index (Phi) is 4.79. The molecule has 0 saturated heterocycles. The Morgan fingerprint density at radius 1 is 1.33 bits per heavy atom. The predicted octanol–water partition coefficient (Wildman–Crippen LogP) is 2.60. The van der Waals surface area contributed by atoms with Crippen molar-refractivity contribution in [3.8, 4) is 17.6 Å². The standard InChI is InChI=1S/C11H12ClNO2/c1-2-14-10-5-3-4-6-11(10)15-8-9(12)7-13/h3-6,9H,2,8H2,1H3. The SMILES string of the molecule is CCOc1ccccc1OCC(Cl)C#N. The topological polar surface area (TPSA) is 42.2 Å². The van der Waals surface area contributed by atoms with Crippen molar-refractivity contribution in [3.05, 3.63) is 24.3 Å². The van der Waals surface area contributed by atoms with Gasteiger partial charge in [0.25, 0.3) is 0 Å². The summed E-state index contributed by atoms with van der Waals surface area (Å²) in [6.45, 7) is 2.63. The van der Waals surface area contributed by atoms with Crippen molar-refractivity contribution in [2.24, 2.45) is 0 Å². The molecule has 1 rings (SSSR count). The van der Waals surface area contributed by atoms with Crippen LogP contribution >= 0.6 is 11.6 Å². The highest BCUT2D eigenvalue weighted by molar-refractivity contribution is 6.22. The third-order valence-corrected chi connectivity index (χ3v) is 1.90. The van der Waals surface area contributed by atoms with Crippen LogP contribution in [0.4, 0.5) is 0 Å². The first-order valence-electron chi connectivity index (χ1n) is 4.66. The molecule has 3 nitrogen and oxygen atoms in total. The van der Waals surface area contributed by atoms with Crippen molar-refractivity contribution in [1.29, 1.82) is 5.26 Å². The van der Waals surface area contributed by atoms with Crippen LogP contribution in [0.1, 0.15) is 6.92 Å². The zero-order valence-electron chi connectivity index (χ0n) is 8.44. The van der Waals surface area contributed by atoms with Crippen LogP contribution in [-0.4, -0.2) is 18.6 Å². The molecule has 4 heteroatoms. The molecule has 1 aromatic rings. The number of hydrogen-bond donors (Lipinski definition) is 0. The maximum absolute atomic E-state index is 8.49. The molecule has 0 aliphatic rings.